The third kappa shape index (κ3) is 11.3. The van der Waals surface area contributed by atoms with E-state index in [1.54, 1.807) is 18.2 Å². The van der Waals surface area contributed by atoms with Crippen molar-refractivity contribution in [3.05, 3.63) is 95.6 Å². The predicted molar refractivity (Wildman–Crippen MR) is 153 cm³/mol. The second-order valence-corrected chi connectivity index (χ2v) is 11.2. The number of hydrogen-bond acceptors (Lipinski definition) is 4. The molecule has 0 bridgehead atoms. The number of benzene rings is 3. The zero-order chi connectivity index (χ0) is 30.9. The Morgan fingerprint density at radius 3 is 1.63 bits per heavy atom. The minimum Gasteiger partial charge on any atom is -0.433 e. The number of ether oxygens (including phenoxy) is 2. The molecule has 3 aromatic rings. The van der Waals surface area contributed by atoms with Crippen molar-refractivity contribution in [3.8, 4) is 11.5 Å². The van der Waals surface area contributed by atoms with Crippen LogP contribution in [0, 0.1) is 5.41 Å². The molecule has 0 heterocycles. The van der Waals surface area contributed by atoms with Crippen LogP contribution in [0.25, 0.3) is 0 Å². The highest BCUT2D eigenvalue weighted by Gasteiger charge is 2.36. The van der Waals surface area contributed by atoms with E-state index in [0.29, 0.717) is 30.9 Å². The highest BCUT2D eigenvalue weighted by Crippen LogP contribution is 2.42. The maximum atomic E-state index is 13.5. The van der Waals surface area contributed by atoms with Crippen LogP contribution in [0.4, 0.5) is 22.0 Å². The van der Waals surface area contributed by atoms with E-state index in [2.05, 4.69) is 37.6 Å². The summed E-state index contributed by atoms with van der Waals surface area (Å²) in [7, 11) is 4.13. The Kier molecular flexibility index (Phi) is 11.7. The Morgan fingerprint density at radius 1 is 0.732 bits per heavy atom. The lowest BCUT2D eigenvalue weighted by Gasteiger charge is -2.35. The van der Waals surface area contributed by atoms with Crippen LogP contribution in [0.3, 0.4) is 0 Å². The summed E-state index contributed by atoms with van der Waals surface area (Å²) >= 11 is 0. The van der Waals surface area contributed by atoms with E-state index in [0.717, 1.165) is 18.7 Å². The van der Waals surface area contributed by atoms with Crippen molar-refractivity contribution in [1.29, 1.82) is 0 Å². The van der Waals surface area contributed by atoms with Crippen LogP contribution in [0.15, 0.2) is 78.9 Å². The molecule has 41 heavy (non-hydrogen) atoms. The van der Waals surface area contributed by atoms with E-state index in [4.69, 9.17) is 10.5 Å². The summed E-state index contributed by atoms with van der Waals surface area (Å²) in [5.74, 6) is -0.364. The number of nitrogens with zero attached hydrogens (tertiary/aromatic N) is 1. The maximum absolute atomic E-state index is 13.5. The Balaban J connectivity index is 0.000000564. The molecule has 0 aliphatic carbocycles. The molecule has 0 fully saturated rings. The highest BCUT2D eigenvalue weighted by molar-refractivity contribution is 5.46. The van der Waals surface area contributed by atoms with E-state index in [-0.39, 0.29) is 16.9 Å². The first-order valence-electron chi connectivity index (χ1n) is 13.4. The average molecular weight is 581 g/mol. The summed E-state index contributed by atoms with van der Waals surface area (Å²) in [6, 6.07) is 21.5. The minimum absolute atomic E-state index is 0.0245. The lowest BCUT2D eigenvalue weighted by atomic mass is 9.68. The molecule has 9 heteroatoms. The van der Waals surface area contributed by atoms with Gasteiger partial charge in [-0.3, -0.25) is 0 Å². The lowest BCUT2D eigenvalue weighted by Crippen LogP contribution is -2.34. The largest absolute Gasteiger partial charge is 0.573 e. The van der Waals surface area contributed by atoms with Gasteiger partial charge < -0.3 is 20.1 Å². The van der Waals surface area contributed by atoms with E-state index in [1.807, 2.05) is 37.3 Å². The lowest BCUT2D eigenvalue weighted by molar-refractivity contribution is -0.274. The number of rotatable bonds is 11. The normalized spacial score (nSPS) is 13.7. The van der Waals surface area contributed by atoms with Crippen molar-refractivity contribution in [2.24, 2.45) is 11.1 Å². The van der Waals surface area contributed by atoms with Crippen LogP contribution in [0.5, 0.6) is 11.5 Å². The van der Waals surface area contributed by atoms with Gasteiger partial charge in [0.1, 0.15) is 11.5 Å². The van der Waals surface area contributed by atoms with Gasteiger partial charge in [-0.2, -0.15) is 8.78 Å². The quantitative estimate of drug-likeness (QED) is 0.233. The molecule has 226 valence electrons. The molecule has 0 aromatic heterocycles. The van der Waals surface area contributed by atoms with Crippen molar-refractivity contribution < 1.29 is 31.4 Å². The van der Waals surface area contributed by atoms with Gasteiger partial charge in [0, 0.05) is 18.9 Å². The van der Waals surface area contributed by atoms with E-state index in [1.165, 1.54) is 30.3 Å². The van der Waals surface area contributed by atoms with E-state index < -0.39 is 17.9 Å². The summed E-state index contributed by atoms with van der Waals surface area (Å²) in [4.78, 5) is 2.16. The first-order valence-corrected chi connectivity index (χ1v) is 13.4. The zero-order valence-electron chi connectivity index (χ0n) is 24.6. The zero-order valence-corrected chi connectivity index (χ0v) is 24.6. The molecule has 0 aliphatic rings. The molecule has 3 aromatic carbocycles. The summed E-state index contributed by atoms with van der Waals surface area (Å²) < 4.78 is 74.3. The van der Waals surface area contributed by atoms with Crippen molar-refractivity contribution in [2.45, 2.75) is 58.4 Å². The van der Waals surface area contributed by atoms with Crippen molar-refractivity contribution >= 4 is 0 Å². The first kappa shape index (κ1) is 34.0. The molecule has 0 radical (unpaired) electrons. The summed E-state index contributed by atoms with van der Waals surface area (Å²) in [6.45, 7) is 8.71. The van der Waals surface area contributed by atoms with E-state index >= 15 is 0 Å². The fourth-order valence-corrected chi connectivity index (χ4v) is 4.82. The van der Waals surface area contributed by atoms with Crippen molar-refractivity contribution in [1.82, 2.24) is 4.90 Å². The van der Waals surface area contributed by atoms with Gasteiger partial charge in [-0.1, -0.05) is 75.4 Å². The standard InChI is InChI=1S/C25H23F5O2.C7H18N2/c1-3-24(17-18-9-5-4-6-10-18,19-11-7-13-21(15-19)31-23(2,26)27)20-12-8-14-22(16-20)32-25(28,29)30;1-7(2,5-8)6-9(3)4/h4-16H,3,17H2,1-2H3;5-6,8H2,1-4H3. The van der Waals surface area contributed by atoms with Gasteiger partial charge in [0.2, 0.25) is 0 Å². The molecule has 3 rings (SSSR count). The minimum atomic E-state index is -4.83. The molecule has 1 atom stereocenters. The van der Waals surface area contributed by atoms with Gasteiger partial charge in [0.05, 0.1) is 0 Å². The fraction of sp³-hybridized carbons (Fsp3) is 0.438. The maximum Gasteiger partial charge on any atom is 0.573 e. The molecule has 0 saturated carbocycles. The van der Waals surface area contributed by atoms with Crippen LogP contribution in [0.2, 0.25) is 0 Å². The van der Waals surface area contributed by atoms with Crippen LogP contribution >= 0.6 is 0 Å². The van der Waals surface area contributed by atoms with Gasteiger partial charge in [0.25, 0.3) is 0 Å². The highest BCUT2D eigenvalue weighted by atomic mass is 19.4. The second kappa shape index (κ2) is 14.1. The summed E-state index contributed by atoms with van der Waals surface area (Å²) in [5, 5.41) is 0. The molecular weight excluding hydrogens is 539 g/mol. The van der Waals surface area contributed by atoms with E-state index in [9.17, 15) is 22.0 Å². The van der Waals surface area contributed by atoms with Crippen LogP contribution in [-0.2, 0) is 11.8 Å². The third-order valence-electron chi connectivity index (χ3n) is 6.55. The Labute approximate surface area is 240 Å². The SMILES string of the molecule is CCC(Cc1ccccc1)(c1cccc(OC(C)(F)F)c1)c1cccc(OC(F)(F)F)c1.CN(C)CC(C)(C)CN. The first-order chi connectivity index (χ1) is 19.0. The summed E-state index contributed by atoms with van der Waals surface area (Å²) in [5.41, 5.74) is 7.16. The molecule has 2 N–H and O–H groups in total. The van der Waals surface area contributed by atoms with Gasteiger partial charge in [-0.15, -0.1) is 13.2 Å². The van der Waals surface area contributed by atoms with Gasteiger partial charge in [0.15, 0.2) is 0 Å². The molecule has 0 spiro atoms. The number of halogens is 5. The van der Waals surface area contributed by atoms with Crippen LogP contribution < -0.4 is 15.2 Å². The average Bonchev–Trinajstić information content (AvgIpc) is 2.86. The molecular formula is C32H41F5N2O2. The predicted octanol–water partition coefficient (Wildman–Crippen LogP) is 8.05. The molecule has 0 amide bonds. The van der Waals surface area contributed by atoms with Crippen LogP contribution in [0.1, 0.15) is 50.8 Å². The third-order valence-corrected chi connectivity index (χ3v) is 6.55. The monoisotopic (exact) mass is 580 g/mol. The molecule has 0 aliphatic heterocycles. The molecule has 0 saturated heterocycles. The Bertz CT molecular complexity index is 1150. The Morgan fingerprint density at radius 2 is 1.24 bits per heavy atom. The summed E-state index contributed by atoms with van der Waals surface area (Å²) in [6.07, 6.45) is -7.27. The second-order valence-electron chi connectivity index (χ2n) is 11.2. The topological polar surface area (TPSA) is 47.7 Å². The number of hydrogen-bond donors (Lipinski definition) is 1. The van der Waals surface area contributed by atoms with Crippen LogP contribution in [-0.4, -0.2) is 44.6 Å². The molecule has 4 nitrogen and oxygen atoms in total. The fourth-order valence-electron chi connectivity index (χ4n) is 4.82. The molecule has 1 unspecified atom stereocenters. The van der Waals surface area contributed by atoms with Crippen molar-refractivity contribution in [2.75, 3.05) is 27.2 Å². The van der Waals surface area contributed by atoms with Gasteiger partial charge in [-0.05, 0) is 79.9 Å². The number of alkyl halides is 5. The Hall–Kier alpha value is -3.17. The van der Waals surface area contributed by atoms with Gasteiger partial charge in [-0.25, -0.2) is 0 Å². The smallest absolute Gasteiger partial charge is 0.433 e. The van der Waals surface area contributed by atoms with Gasteiger partial charge >= 0.3 is 12.5 Å². The number of nitrogens with two attached hydrogens (primary N) is 1. The van der Waals surface area contributed by atoms with Crippen molar-refractivity contribution in [3.63, 3.8) is 0 Å².